The lowest BCUT2D eigenvalue weighted by Crippen LogP contribution is -2.31. The van der Waals surface area contributed by atoms with Crippen LogP contribution in [0.15, 0.2) is 53.4 Å². The maximum absolute atomic E-state index is 12.6. The molecule has 2 heterocycles. The Morgan fingerprint density at radius 1 is 1.10 bits per heavy atom. The predicted octanol–water partition coefficient (Wildman–Crippen LogP) is 3.24. The minimum absolute atomic E-state index is 0.0694. The Bertz CT molecular complexity index is 1000. The number of nitrogens with one attached hydrogen (secondary N) is 2. The molecular weight excluding hydrogens is 414 g/mol. The van der Waals surface area contributed by atoms with E-state index in [-0.39, 0.29) is 23.5 Å². The Hall–Kier alpha value is -2.42. The predicted molar refractivity (Wildman–Crippen MR) is 121 cm³/mol. The number of benzene rings is 2. The molecule has 0 spiro atoms. The highest BCUT2D eigenvalue weighted by molar-refractivity contribution is 7.89. The third-order valence-corrected chi connectivity index (χ3v) is 7.31. The fourth-order valence-electron chi connectivity index (χ4n) is 4.01. The minimum Gasteiger partial charge on any atom is -0.377 e. The highest BCUT2D eigenvalue weighted by Crippen LogP contribution is 2.25. The molecule has 0 saturated carbocycles. The van der Waals surface area contributed by atoms with Crippen LogP contribution in [0.3, 0.4) is 0 Å². The van der Waals surface area contributed by atoms with E-state index in [4.69, 9.17) is 4.74 Å². The zero-order valence-corrected chi connectivity index (χ0v) is 18.5. The van der Waals surface area contributed by atoms with Crippen LogP contribution in [0.4, 0.5) is 11.4 Å². The molecule has 2 unspecified atom stereocenters. The lowest BCUT2D eigenvalue weighted by Gasteiger charge is -2.18. The fraction of sp³-hybridized carbons (Fsp3) is 0.435. The molecule has 2 aromatic rings. The Morgan fingerprint density at radius 2 is 1.84 bits per heavy atom. The summed E-state index contributed by atoms with van der Waals surface area (Å²) in [4.78, 5) is 15.0. The topological polar surface area (TPSA) is 87.7 Å². The molecule has 2 N–H and O–H groups in total. The van der Waals surface area contributed by atoms with Gasteiger partial charge in [-0.25, -0.2) is 13.1 Å². The molecule has 0 bridgehead atoms. The number of amides is 1. The monoisotopic (exact) mass is 443 g/mol. The van der Waals surface area contributed by atoms with Crippen molar-refractivity contribution in [2.45, 2.75) is 37.2 Å². The van der Waals surface area contributed by atoms with E-state index in [2.05, 4.69) is 21.9 Å². The molecule has 4 rings (SSSR count). The van der Waals surface area contributed by atoms with Crippen molar-refractivity contribution in [3.63, 3.8) is 0 Å². The number of anilines is 2. The number of sulfonamides is 1. The first-order valence-corrected chi connectivity index (χ1v) is 12.3. The van der Waals surface area contributed by atoms with Gasteiger partial charge < -0.3 is 15.0 Å². The normalized spacial score (nSPS) is 21.4. The van der Waals surface area contributed by atoms with Gasteiger partial charge in [-0.1, -0.05) is 6.92 Å². The number of hydrogen-bond donors (Lipinski definition) is 2. The standard InChI is InChI=1S/C23H29N3O4S/c1-17-12-13-26(16-17)20-8-6-19(7-9-20)25-23(27)18-4-10-22(11-5-18)31(28,29)24-15-21-3-2-14-30-21/h4-11,17,21,24H,2-3,12-16H2,1H3,(H,25,27). The van der Waals surface area contributed by atoms with Gasteiger partial charge >= 0.3 is 0 Å². The Kier molecular flexibility index (Phi) is 6.60. The van der Waals surface area contributed by atoms with Gasteiger partial charge in [0.25, 0.3) is 5.91 Å². The van der Waals surface area contributed by atoms with Crippen LogP contribution in [0.2, 0.25) is 0 Å². The average Bonchev–Trinajstić information content (AvgIpc) is 3.45. The molecule has 2 aliphatic heterocycles. The molecule has 31 heavy (non-hydrogen) atoms. The molecule has 2 aromatic carbocycles. The molecule has 7 nitrogen and oxygen atoms in total. The number of rotatable bonds is 7. The average molecular weight is 444 g/mol. The van der Waals surface area contributed by atoms with E-state index in [9.17, 15) is 13.2 Å². The van der Waals surface area contributed by atoms with Crippen LogP contribution in [0.25, 0.3) is 0 Å². The first-order valence-electron chi connectivity index (χ1n) is 10.8. The maximum Gasteiger partial charge on any atom is 0.255 e. The van der Waals surface area contributed by atoms with Crippen molar-refractivity contribution < 1.29 is 17.9 Å². The number of carbonyl (C=O) groups is 1. The second-order valence-corrected chi connectivity index (χ2v) is 10.1. The van der Waals surface area contributed by atoms with E-state index in [1.165, 1.54) is 30.7 Å². The SMILES string of the molecule is CC1CCN(c2ccc(NC(=O)c3ccc(S(=O)(=O)NCC4CCCO4)cc3)cc2)C1. The molecule has 166 valence electrons. The summed E-state index contributed by atoms with van der Waals surface area (Å²) in [5.41, 5.74) is 2.26. The molecule has 8 heteroatoms. The molecule has 2 atom stereocenters. The van der Waals surface area contributed by atoms with Gasteiger partial charge in [0.15, 0.2) is 0 Å². The number of carbonyl (C=O) groups excluding carboxylic acids is 1. The van der Waals surface area contributed by atoms with Crippen LogP contribution in [-0.2, 0) is 14.8 Å². The van der Waals surface area contributed by atoms with Crippen LogP contribution in [0, 0.1) is 5.92 Å². The van der Waals surface area contributed by atoms with E-state index in [0.717, 1.165) is 31.6 Å². The zero-order chi connectivity index (χ0) is 21.8. The van der Waals surface area contributed by atoms with E-state index < -0.39 is 10.0 Å². The number of ether oxygens (including phenoxy) is 1. The van der Waals surface area contributed by atoms with Gasteiger partial charge in [0.2, 0.25) is 10.0 Å². The zero-order valence-electron chi connectivity index (χ0n) is 17.7. The third kappa shape index (κ3) is 5.44. The second kappa shape index (κ2) is 9.38. The van der Waals surface area contributed by atoms with Gasteiger partial charge in [-0.3, -0.25) is 4.79 Å². The first-order chi connectivity index (χ1) is 14.9. The van der Waals surface area contributed by atoms with Gasteiger partial charge in [0.1, 0.15) is 0 Å². The third-order valence-electron chi connectivity index (χ3n) is 5.87. The summed E-state index contributed by atoms with van der Waals surface area (Å²) in [5, 5.41) is 2.87. The van der Waals surface area contributed by atoms with Gasteiger partial charge in [-0.15, -0.1) is 0 Å². The summed E-state index contributed by atoms with van der Waals surface area (Å²) in [6.07, 6.45) is 2.95. The summed E-state index contributed by atoms with van der Waals surface area (Å²) in [6, 6.07) is 13.8. The van der Waals surface area contributed by atoms with Gasteiger partial charge in [0.05, 0.1) is 11.0 Å². The molecule has 0 aliphatic carbocycles. The summed E-state index contributed by atoms with van der Waals surface area (Å²) >= 11 is 0. The van der Waals surface area contributed by atoms with Crippen molar-refractivity contribution in [1.29, 1.82) is 0 Å². The van der Waals surface area contributed by atoms with Crippen molar-refractivity contribution in [2.24, 2.45) is 5.92 Å². The quantitative estimate of drug-likeness (QED) is 0.686. The van der Waals surface area contributed by atoms with E-state index in [1.807, 2.05) is 24.3 Å². The Labute approximate surface area is 183 Å². The maximum atomic E-state index is 12.6. The Balaban J connectivity index is 1.34. The Morgan fingerprint density at radius 3 is 2.45 bits per heavy atom. The number of nitrogens with zero attached hydrogens (tertiary/aromatic N) is 1. The summed E-state index contributed by atoms with van der Waals surface area (Å²) in [6.45, 7) is 5.31. The molecule has 0 radical (unpaired) electrons. The summed E-state index contributed by atoms with van der Waals surface area (Å²) < 4.78 is 32.9. The van der Waals surface area contributed by atoms with Gasteiger partial charge in [0, 0.05) is 43.2 Å². The van der Waals surface area contributed by atoms with Crippen LogP contribution in [-0.4, -0.2) is 46.7 Å². The molecule has 1 amide bonds. The van der Waals surface area contributed by atoms with E-state index in [0.29, 0.717) is 23.8 Å². The highest BCUT2D eigenvalue weighted by Gasteiger charge is 2.21. The fourth-order valence-corrected chi connectivity index (χ4v) is 5.07. The first kappa shape index (κ1) is 21.8. The van der Waals surface area contributed by atoms with Crippen LogP contribution >= 0.6 is 0 Å². The molecule has 2 fully saturated rings. The van der Waals surface area contributed by atoms with Crippen molar-refractivity contribution in [3.8, 4) is 0 Å². The van der Waals surface area contributed by atoms with Crippen molar-refractivity contribution >= 4 is 27.3 Å². The lowest BCUT2D eigenvalue weighted by molar-refractivity contribution is 0.102. The van der Waals surface area contributed by atoms with Crippen LogP contribution < -0.4 is 14.9 Å². The highest BCUT2D eigenvalue weighted by atomic mass is 32.2. The smallest absolute Gasteiger partial charge is 0.255 e. The van der Waals surface area contributed by atoms with Gasteiger partial charge in [-0.2, -0.15) is 0 Å². The van der Waals surface area contributed by atoms with Crippen LogP contribution in [0.5, 0.6) is 0 Å². The number of hydrogen-bond acceptors (Lipinski definition) is 5. The molecular formula is C23H29N3O4S. The largest absolute Gasteiger partial charge is 0.377 e. The van der Waals surface area contributed by atoms with Crippen molar-refractivity contribution in [1.82, 2.24) is 4.72 Å². The van der Waals surface area contributed by atoms with Gasteiger partial charge in [-0.05, 0) is 73.7 Å². The molecule has 2 aliphatic rings. The second-order valence-electron chi connectivity index (χ2n) is 8.35. The van der Waals surface area contributed by atoms with E-state index >= 15 is 0 Å². The molecule has 2 saturated heterocycles. The van der Waals surface area contributed by atoms with E-state index in [1.54, 1.807) is 0 Å². The van der Waals surface area contributed by atoms with Crippen LogP contribution in [0.1, 0.15) is 36.5 Å². The lowest BCUT2D eigenvalue weighted by atomic mass is 10.2. The summed E-state index contributed by atoms with van der Waals surface area (Å²) in [5.74, 6) is 0.427. The minimum atomic E-state index is -3.63. The van der Waals surface area contributed by atoms with Crippen molar-refractivity contribution in [2.75, 3.05) is 36.5 Å². The summed E-state index contributed by atoms with van der Waals surface area (Å²) in [7, 11) is -3.63. The molecule has 0 aromatic heterocycles. The van der Waals surface area contributed by atoms with Crippen molar-refractivity contribution in [3.05, 3.63) is 54.1 Å².